The fourth-order valence-corrected chi connectivity index (χ4v) is 0.929. The van der Waals surface area contributed by atoms with Crippen LogP contribution in [0.5, 0.6) is 0 Å². The lowest BCUT2D eigenvalue weighted by Gasteiger charge is -2.09. The molecule has 72 valence electrons. The van der Waals surface area contributed by atoms with Gasteiger partial charge in [0.25, 0.3) is 6.43 Å². The molecule has 0 saturated heterocycles. The Bertz CT molecular complexity index is 278. The number of halogens is 3. The molecule has 1 aromatic heterocycles. The van der Waals surface area contributed by atoms with E-state index in [1.54, 1.807) is 0 Å². The molecular formula is C8H9F3N2. The summed E-state index contributed by atoms with van der Waals surface area (Å²) in [4.78, 5) is 3.52. The van der Waals surface area contributed by atoms with Crippen LogP contribution in [-0.2, 0) is 6.42 Å². The molecule has 0 aliphatic rings. The molecule has 0 aliphatic carbocycles. The third-order valence-corrected chi connectivity index (χ3v) is 1.56. The van der Waals surface area contributed by atoms with Crippen LogP contribution >= 0.6 is 0 Å². The predicted molar refractivity (Wildman–Crippen MR) is 41.9 cm³/mol. The van der Waals surface area contributed by atoms with Crippen molar-refractivity contribution in [3.63, 3.8) is 0 Å². The van der Waals surface area contributed by atoms with E-state index in [9.17, 15) is 13.2 Å². The van der Waals surface area contributed by atoms with Crippen LogP contribution in [0.3, 0.4) is 0 Å². The van der Waals surface area contributed by atoms with E-state index in [1.807, 2.05) is 0 Å². The number of aromatic nitrogens is 1. The van der Waals surface area contributed by atoms with E-state index in [-0.39, 0.29) is 6.42 Å². The fraction of sp³-hybridized carbons (Fsp3) is 0.375. The Morgan fingerprint density at radius 3 is 2.62 bits per heavy atom. The first-order valence-electron chi connectivity index (χ1n) is 3.72. The van der Waals surface area contributed by atoms with Crippen LogP contribution in [0.1, 0.15) is 5.56 Å². The summed E-state index contributed by atoms with van der Waals surface area (Å²) in [5.74, 6) is -0.543. The van der Waals surface area contributed by atoms with Crippen LogP contribution in [0.25, 0.3) is 0 Å². The molecule has 0 spiro atoms. The molecule has 0 fully saturated rings. The summed E-state index contributed by atoms with van der Waals surface area (Å²) in [6.07, 6.45) is -0.325. The van der Waals surface area contributed by atoms with Crippen LogP contribution in [0.4, 0.5) is 13.2 Å². The minimum absolute atomic E-state index is 0.0670. The molecule has 0 aromatic carbocycles. The number of nitrogens with two attached hydrogens (primary N) is 1. The first-order chi connectivity index (χ1) is 6.09. The van der Waals surface area contributed by atoms with E-state index in [0.717, 1.165) is 12.3 Å². The Kier molecular flexibility index (Phi) is 3.25. The van der Waals surface area contributed by atoms with Gasteiger partial charge in [-0.25, -0.2) is 13.2 Å². The molecule has 1 aromatic rings. The van der Waals surface area contributed by atoms with Gasteiger partial charge in [0.1, 0.15) is 5.82 Å². The Morgan fingerprint density at radius 1 is 1.38 bits per heavy atom. The molecule has 1 heterocycles. The molecule has 0 aliphatic heterocycles. The van der Waals surface area contributed by atoms with Crippen molar-refractivity contribution in [1.82, 2.24) is 4.98 Å². The fourth-order valence-electron chi connectivity index (χ4n) is 0.929. The summed E-state index contributed by atoms with van der Waals surface area (Å²) in [7, 11) is 0. The van der Waals surface area contributed by atoms with Gasteiger partial charge in [-0.05, 0) is 18.1 Å². The minimum Gasteiger partial charge on any atom is -0.323 e. The van der Waals surface area contributed by atoms with Crippen LogP contribution < -0.4 is 5.73 Å². The SMILES string of the molecule is NC(Cc1cncc(F)c1)C(F)F. The molecule has 2 nitrogen and oxygen atoms in total. The van der Waals surface area contributed by atoms with E-state index in [2.05, 4.69) is 4.98 Å². The van der Waals surface area contributed by atoms with Crippen LogP contribution in [0.2, 0.25) is 0 Å². The second kappa shape index (κ2) is 4.23. The smallest absolute Gasteiger partial charge is 0.253 e. The van der Waals surface area contributed by atoms with E-state index in [0.29, 0.717) is 5.56 Å². The number of alkyl halides is 2. The summed E-state index contributed by atoms with van der Waals surface area (Å²) in [6, 6.07) is -0.113. The maximum absolute atomic E-state index is 12.5. The normalized spacial score (nSPS) is 13.3. The van der Waals surface area contributed by atoms with E-state index in [1.165, 1.54) is 6.20 Å². The molecule has 0 saturated carbocycles. The Hall–Kier alpha value is -1.10. The lowest BCUT2D eigenvalue weighted by atomic mass is 10.1. The molecule has 13 heavy (non-hydrogen) atoms. The molecule has 1 atom stereocenters. The third kappa shape index (κ3) is 3.02. The lowest BCUT2D eigenvalue weighted by Crippen LogP contribution is -2.30. The van der Waals surface area contributed by atoms with Gasteiger partial charge in [0.15, 0.2) is 0 Å². The van der Waals surface area contributed by atoms with Crippen LogP contribution in [-0.4, -0.2) is 17.5 Å². The summed E-state index contributed by atoms with van der Waals surface area (Å²) < 4.78 is 36.5. The predicted octanol–water partition coefficient (Wildman–Crippen LogP) is 1.36. The van der Waals surface area contributed by atoms with Gasteiger partial charge in [-0.1, -0.05) is 0 Å². The largest absolute Gasteiger partial charge is 0.323 e. The summed E-state index contributed by atoms with van der Waals surface area (Å²) in [5.41, 5.74) is 5.48. The third-order valence-electron chi connectivity index (χ3n) is 1.56. The van der Waals surface area contributed by atoms with Crippen molar-refractivity contribution in [1.29, 1.82) is 0 Å². The van der Waals surface area contributed by atoms with Crippen molar-refractivity contribution in [3.05, 3.63) is 29.8 Å². The quantitative estimate of drug-likeness (QED) is 0.781. The van der Waals surface area contributed by atoms with Crippen molar-refractivity contribution >= 4 is 0 Å². The van der Waals surface area contributed by atoms with Gasteiger partial charge in [-0.2, -0.15) is 0 Å². The number of rotatable bonds is 3. The van der Waals surface area contributed by atoms with Crippen molar-refractivity contribution in [3.8, 4) is 0 Å². The van der Waals surface area contributed by atoms with Crippen LogP contribution in [0.15, 0.2) is 18.5 Å². The number of nitrogens with zero attached hydrogens (tertiary/aromatic N) is 1. The standard InChI is InChI=1S/C8H9F3N2/c9-6-1-5(3-13-4-6)2-7(12)8(10)11/h1,3-4,7-8H,2,12H2. The topological polar surface area (TPSA) is 38.9 Å². The second-order valence-corrected chi connectivity index (χ2v) is 2.71. The molecule has 1 rings (SSSR count). The molecule has 0 radical (unpaired) electrons. The Morgan fingerprint density at radius 2 is 2.08 bits per heavy atom. The average molecular weight is 190 g/mol. The highest BCUT2D eigenvalue weighted by Gasteiger charge is 2.15. The summed E-state index contributed by atoms with van der Waals surface area (Å²) in [5, 5.41) is 0. The maximum Gasteiger partial charge on any atom is 0.253 e. The highest BCUT2D eigenvalue weighted by molar-refractivity contribution is 5.11. The first kappa shape index (κ1) is 9.98. The van der Waals surface area contributed by atoms with Gasteiger partial charge >= 0.3 is 0 Å². The summed E-state index contributed by atoms with van der Waals surface area (Å²) in [6.45, 7) is 0. The van der Waals surface area contributed by atoms with Gasteiger partial charge < -0.3 is 5.73 Å². The van der Waals surface area contributed by atoms with Gasteiger partial charge in [0, 0.05) is 6.20 Å². The van der Waals surface area contributed by atoms with Gasteiger partial charge in [-0.3, -0.25) is 4.98 Å². The summed E-state index contributed by atoms with van der Waals surface area (Å²) >= 11 is 0. The number of hydrogen-bond donors (Lipinski definition) is 1. The molecule has 0 bridgehead atoms. The number of hydrogen-bond acceptors (Lipinski definition) is 2. The second-order valence-electron chi connectivity index (χ2n) is 2.71. The molecule has 5 heteroatoms. The van der Waals surface area contributed by atoms with Gasteiger partial charge in [0.2, 0.25) is 0 Å². The zero-order chi connectivity index (χ0) is 9.84. The van der Waals surface area contributed by atoms with Gasteiger partial charge in [0.05, 0.1) is 12.2 Å². The maximum atomic E-state index is 12.5. The molecular weight excluding hydrogens is 181 g/mol. The minimum atomic E-state index is -2.59. The highest BCUT2D eigenvalue weighted by atomic mass is 19.3. The van der Waals surface area contributed by atoms with Crippen LogP contribution in [0, 0.1) is 5.82 Å². The highest BCUT2D eigenvalue weighted by Crippen LogP contribution is 2.07. The number of pyridine rings is 1. The zero-order valence-corrected chi connectivity index (χ0v) is 6.75. The molecule has 2 N–H and O–H groups in total. The Labute approximate surface area is 73.6 Å². The van der Waals surface area contributed by atoms with Crippen molar-refractivity contribution in [2.45, 2.75) is 18.9 Å². The Balaban J connectivity index is 2.64. The molecule has 1 unspecified atom stereocenters. The van der Waals surface area contributed by atoms with Crippen molar-refractivity contribution < 1.29 is 13.2 Å². The zero-order valence-electron chi connectivity index (χ0n) is 6.75. The van der Waals surface area contributed by atoms with E-state index >= 15 is 0 Å². The molecule has 0 amide bonds. The van der Waals surface area contributed by atoms with E-state index < -0.39 is 18.3 Å². The first-order valence-corrected chi connectivity index (χ1v) is 3.72. The van der Waals surface area contributed by atoms with Crippen molar-refractivity contribution in [2.24, 2.45) is 5.73 Å². The average Bonchev–Trinajstić information content (AvgIpc) is 2.04. The van der Waals surface area contributed by atoms with Crippen molar-refractivity contribution in [2.75, 3.05) is 0 Å². The lowest BCUT2D eigenvalue weighted by molar-refractivity contribution is 0.116. The van der Waals surface area contributed by atoms with E-state index in [4.69, 9.17) is 5.73 Å². The monoisotopic (exact) mass is 190 g/mol. The van der Waals surface area contributed by atoms with Gasteiger partial charge in [-0.15, -0.1) is 0 Å².